The lowest BCUT2D eigenvalue weighted by atomic mass is 10.2. The number of nitrogens with two attached hydrogens (primary N) is 1. The number of anilines is 1. The Kier molecular flexibility index (Phi) is 3.03. The van der Waals surface area contributed by atoms with Crippen LogP contribution >= 0.6 is 11.3 Å². The number of thiophene rings is 1. The van der Waals surface area contributed by atoms with Crippen molar-refractivity contribution in [2.24, 2.45) is 5.73 Å². The second-order valence-corrected chi connectivity index (χ2v) is 5.24. The number of benzene rings is 1. The summed E-state index contributed by atoms with van der Waals surface area (Å²) in [5.74, 6) is -0.897. The molecule has 4 N–H and O–H groups in total. The molecule has 7 heteroatoms. The summed E-state index contributed by atoms with van der Waals surface area (Å²) in [4.78, 5) is 25.7. The quantitative estimate of drug-likeness (QED) is 0.682. The number of carbonyl (C=O) groups excluding carboxylic acids is 1. The van der Waals surface area contributed by atoms with Crippen LogP contribution in [-0.4, -0.2) is 10.9 Å². The molecule has 0 aliphatic heterocycles. The molecule has 0 saturated heterocycles. The van der Waals surface area contributed by atoms with Crippen LogP contribution in [0.4, 0.5) is 5.69 Å². The van der Waals surface area contributed by atoms with Crippen molar-refractivity contribution in [1.29, 1.82) is 0 Å². The summed E-state index contributed by atoms with van der Waals surface area (Å²) in [6.45, 7) is 0.575. The molecule has 1 aromatic carbocycles. The molecule has 3 aromatic rings. The number of nitrogens with one attached hydrogen (secondary N) is 2. The molecular weight excluding hydrogens is 278 g/mol. The summed E-state index contributed by atoms with van der Waals surface area (Å²) in [5.41, 5.74) is 7.73. The zero-order valence-electron chi connectivity index (χ0n) is 10.3. The standard InChI is InChI=1S/C13H11N3O3S/c14-12(17)7-3-9(20-6-7)5-15-8-1-2-11-10(4-8)16-13(18)19-11/h1-4,6,15H,5H2,(H2,14,17)(H,16,18). The van der Waals surface area contributed by atoms with Gasteiger partial charge in [0.05, 0.1) is 11.1 Å². The van der Waals surface area contributed by atoms with E-state index < -0.39 is 11.7 Å². The number of fused-ring (bicyclic) bond motifs is 1. The van der Waals surface area contributed by atoms with Crippen molar-refractivity contribution >= 4 is 34.0 Å². The molecule has 0 fully saturated rings. The highest BCUT2D eigenvalue weighted by atomic mass is 32.1. The largest absolute Gasteiger partial charge is 0.417 e. The lowest BCUT2D eigenvalue weighted by Gasteiger charge is -2.04. The predicted molar refractivity (Wildman–Crippen MR) is 77.0 cm³/mol. The van der Waals surface area contributed by atoms with Crippen molar-refractivity contribution < 1.29 is 9.21 Å². The first-order valence-electron chi connectivity index (χ1n) is 5.86. The van der Waals surface area contributed by atoms with Gasteiger partial charge in [-0.25, -0.2) is 4.79 Å². The second kappa shape index (κ2) is 4.86. The Balaban J connectivity index is 1.75. The molecule has 0 unspecified atom stereocenters. The minimum Gasteiger partial charge on any atom is -0.408 e. The molecule has 2 aromatic heterocycles. The van der Waals surface area contributed by atoms with Gasteiger partial charge in [-0.1, -0.05) is 0 Å². The Morgan fingerprint density at radius 3 is 3.00 bits per heavy atom. The minimum absolute atomic E-state index is 0.426. The highest BCUT2D eigenvalue weighted by Crippen LogP contribution is 2.19. The molecule has 0 saturated carbocycles. The molecule has 6 nitrogen and oxygen atoms in total. The van der Waals surface area contributed by atoms with Crippen LogP contribution in [0.3, 0.4) is 0 Å². The van der Waals surface area contributed by atoms with Gasteiger partial charge in [-0.15, -0.1) is 11.3 Å². The summed E-state index contributed by atoms with van der Waals surface area (Å²) in [6, 6.07) is 7.10. The van der Waals surface area contributed by atoms with Gasteiger partial charge < -0.3 is 15.5 Å². The predicted octanol–water partition coefficient (Wildman–Crippen LogP) is 1.89. The smallest absolute Gasteiger partial charge is 0.408 e. The normalized spacial score (nSPS) is 10.8. The number of rotatable bonds is 4. The van der Waals surface area contributed by atoms with Gasteiger partial charge in [0, 0.05) is 22.5 Å². The molecule has 0 radical (unpaired) electrons. The van der Waals surface area contributed by atoms with Crippen LogP contribution in [0.5, 0.6) is 0 Å². The zero-order valence-corrected chi connectivity index (χ0v) is 11.1. The highest BCUT2D eigenvalue weighted by molar-refractivity contribution is 7.10. The van der Waals surface area contributed by atoms with Crippen LogP contribution in [0.15, 0.2) is 38.9 Å². The third kappa shape index (κ3) is 2.43. The van der Waals surface area contributed by atoms with Gasteiger partial charge in [0.2, 0.25) is 5.91 Å². The van der Waals surface area contributed by atoms with Gasteiger partial charge in [0.1, 0.15) is 0 Å². The molecule has 102 valence electrons. The maximum atomic E-state index is 11.1. The molecule has 0 aliphatic rings. The number of primary amides is 1. The Labute approximate surface area is 117 Å². The van der Waals surface area contributed by atoms with Crippen molar-refractivity contribution in [2.45, 2.75) is 6.54 Å². The first-order chi connectivity index (χ1) is 9.61. The van der Waals surface area contributed by atoms with Crippen LogP contribution in [0, 0.1) is 0 Å². The average molecular weight is 289 g/mol. The molecular formula is C13H11N3O3S. The highest BCUT2D eigenvalue weighted by Gasteiger charge is 2.05. The van der Waals surface area contributed by atoms with Crippen molar-refractivity contribution in [3.8, 4) is 0 Å². The number of hydrogen-bond donors (Lipinski definition) is 3. The number of oxazole rings is 1. The Morgan fingerprint density at radius 2 is 2.25 bits per heavy atom. The van der Waals surface area contributed by atoms with E-state index in [0.717, 1.165) is 10.6 Å². The fraction of sp³-hybridized carbons (Fsp3) is 0.0769. The number of aromatic amines is 1. The van der Waals surface area contributed by atoms with Gasteiger partial charge in [-0.05, 0) is 24.3 Å². The third-order valence-electron chi connectivity index (χ3n) is 2.82. The Morgan fingerprint density at radius 1 is 1.40 bits per heavy atom. The third-order valence-corrected chi connectivity index (χ3v) is 3.76. The molecule has 20 heavy (non-hydrogen) atoms. The number of H-pyrrole nitrogens is 1. The van der Waals surface area contributed by atoms with E-state index in [1.807, 2.05) is 6.07 Å². The lowest BCUT2D eigenvalue weighted by molar-refractivity contribution is 0.100. The van der Waals surface area contributed by atoms with Crippen molar-refractivity contribution in [1.82, 2.24) is 4.98 Å². The molecule has 1 amide bonds. The number of hydrogen-bond acceptors (Lipinski definition) is 5. The maximum Gasteiger partial charge on any atom is 0.417 e. The summed E-state index contributed by atoms with van der Waals surface area (Å²) < 4.78 is 4.93. The maximum absolute atomic E-state index is 11.1. The molecule has 0 atom stereocenters. The fourth-order valence-electron chi connectivity index (χ4n) is 1.85. The van der Waals surface area contributed by atoms with E-state index >= 15 is 0 Å². The van der Waals surface area contributed by atoms with E-state index in [-0.39, 0.29) is 0 Å². The summed E-state index contributed by atoms with van der Waals surface area (Å²) in [5, 5.41) is 4.94. The van der Waals surface area contributed by atoms with Gasteiger partial charge in [-0.3, -0.25) is 9.78 Å². The Bertz CT molecular complexity index is 831. The second-order valence-electron chi connectivity index (χ2n) is 4.24. The van der Waals surface area contributed by atoms with Crippen LogP contribution in [0.25, 0.3) is 11.1 Å². The van der Waals surface area contributed by atoms with Gasteiger partial charge in [0.15, 0.2) is 5.58 Å². The molecule has 2 heterocycles. The minimum atomic E-state index is -0.471. The van der Waals surface area contributed by atoms with Crippen LogP contribution in [0.1, 0.15) is 15.2 Å². The van der Waals surface area contributed by atoms with Crippen molar-refractivity contribution in [3.63, 3.8) is 0 Å². The van der Waals surface area contributed by atoms with Gasteiger partial charge in [-0.2, -0.15) is 0 Å². The summed E-state index contributed by atoms with van der Waals surface area (Å²) in [7, 11) is 0. The lowest BCUT2D eigenvalue weighted by Crippen LogP contribution is -2.09. The van der Waals surface area contributed by atoms with Crippen molar-refractivity contribution in [2.75, 3.05) is 5.32 Å². The van der Waals surface area contributed by atoms with Crippen LogP contribution in [0.2, 0.25) is 0 Å². The molecule has 0 aliphatic carbocycles. The topological polar surface area (TPSA) is 101 Å². The fourth-order valence-corrected chi connectivity index (χ4v) is 2.67. The van der Waals surface area contributed by atoms with E-state index in [1.54, 1.807) is 23.6 Å². The molecule has 0 spiro atoms. The number of amides is 1. The van der Waals surface area contributed by atoms with Gasteiger partial charge in [0.25, 0.3) is 0 Å². The van der Waals surface area contributed by atoms with Crippen molar-refractivity contribution in [3.05, 3.63) is 50.6 Å². The Hall–Kier alpha value is -2.54. The van der Waals surface area contributed by atoms with E-state index in [0.29, 0.717) is 23.2 Å². The monoisotopic (exact) mass is 289 g/mol. The number of aromatic nitrogens is 1. The van der Waals surface area contributed by atoms with Gasteiger partial charge >= 0.3 is 5.76 Å². The summed E-state index contributed by atoms with van der Waals surface area (Å²) in [6.07, 6.45) is 0. The van der Waals surface area contributed by atoms with E-state index in [1.165, 1.54) is 11.3 Å². The summed E-state index contributed by atoms with van der Waals surface area (Å²) >= 11 is 1.47. The molecule has 0 bridgehead atoms. The van der Waals surface area contributed by atoms with E-state index in [2.05, 4.69) is 10.3 Å². The molecule has 3 rings (SSSR count). The number of carbonyl (C=O) groups is 1. The zero-order chi connectivity index (χ0) is 14.1. The first-order valence-corrected chi connectivity index (χ1v) is 6.74. The van der Waals surface area contributed by atoms with Crippen LogP contribution in [-0.2, 0) is 6.54 Å². The average Bonchev–Trinajstić information content (AvgIpc) is 3.00. The van der Waals surface area contributed by atoms with E-state index in [4.69, 9.17) is 10.2 Å². The SMILES string of the molecule is NC(=O)c1csc(CNc2ccc3oc(=O)[nH]c3c2)c1. The van der Waals surface area contributed by atoms with E-state index in [9.17, 15) is 9.59 Å². The van der Waals surface area contributed by atoms with Crippen LogP contribution < -0.4 is 16.8 Å². The first kappa shape index (κ1) is 12.5.